The van der Waals surface area contributed by atoms with Gasteiger partial charge in [-0.15, -0.1) is 0 Å². The van der Waals surface area contributed by atoms with E-state index in [2.05, 4.69) is 86.8 Å². The summed E-state index contributed by atoms with van der Waals surface area (Å²) in [5, 5.41) is 40.1. The molecule has 0 aromatic rings. The highest BCUT2D eigenvalue weighted by Crippen LogP contribution is 2.22. The Hall–Kier alpha value is -2.37. The van der Waals surface area contributed by atoms with Crippen molar-refractivity contribution in [2.45, 2.75) is 192 Å². The minimum Gasteiger partial charge on any atom is -0.457 e. The number of hydrogen-bond donors (Lipinski definition) is 4. The molecule has 1 aliphatic heterocycles. The van der Waals surface area contributed by atoms with Gasteiger partial charge in [-0.2, -0.15) is 0 Å². The van der Waals surface area contributed by atoms with E-state index in [-0.39, 0.29) is 19.2 Å². The van der Waals surface area contributed by atoms with Gasteiger partial charge in [0, 0.05) is 13.0 Å². The van der Waals surface area contributed by atoms with Gasteiger partial charge in [-0.05, 0) is 83.5 Å². The average molecular weight is 789 g/mol. The van der Waals surface area contributed by atoms with E-state index in [0.717, 1.165) is 103 Å². The summed E-state index contributed by atoms with van der Waals surface area (Å²) in [5.74, 6) is -0.338. The van der Waals surface area contributed by atoms with Gasteiger partial charge < -0.3 is 39.4 Å². The van der Waals surface area contributed by atoms with Crippen molar-refractivity contribution < 1.29 is 44.2 Å². The maximum Gasteiger partial charge on any atom is 0.306 e. The molecular weight excluding hydrogens is 709 g/mol. The number of allylic oxidation sites excluding steroid dienone is 12. The van der Waals surface area contributed by atoms with E-state index in [0.29, 0.717) is 13.0 Å². The monoisotopic (exact) mass is 789 g/mol. The molecule has 0 aromatic heterocycles. The summed E-state index contributed by atoms with van der Waals surface area (Å²) in [5.41, 5.74) is 0. The van der Waals surface area contributed by atoms with Crippen LogP contribution in [0, 0.1) is 0 Å². The first-order valence-corrected chi connectivity index (χ1v) is 22.0. The minimum atomic E-state index is -1.55. The molecule has 6 atom stereocenters. The molecule has 0 bridgehead atoms. The number of aliphatic hydroxyl groups is 4. The molecule has 6 unspecified atom stereocenters. The Bertz CT molecular complexity index is 1080. The molecule has 0 aliphatic carbocycles. The summed E-state index contributed by atoms with van der Waals surface area (Å²) in [6.07, 6.45) is 42.1. The predicted octanol–water partition coefficient (Wildman–Crippen LogP) is 9.69. The highest BCUT2D eigenvalue weighted by atomic mass is 16.7. The third-order valence-electron chi connectivity index (χ3n) is 9.61. The fourth-order valence-corrected chi connectivity index (χ4v) is 6.16. The van der Waals surface area contributed by atoms with Crippen molar-refractivity contribution in [3.8, 4) is 0 Å². The van der Waals surface area contributed by atoms with Gasteiger partial charge in [0.15, 0.2) is 6.29 Å². The maximum absolute atomic E-state index is 12.8. The number of aliphatic hydroxyl groups excluding tert-OH is 4. The fraction of sp³-hybridized carbons (Fsp3) is 0.723. The molecule has 1 heterocycles. The van der Waals surface area contributed by atoms with Gasteiger partial charge in [0.25, 0.3) is 0 Å². The van der Waals surface area contributed by atoms with Crippen molar-refractivity contribution in [2.24, 2.45) is 0 Å². The van der Waals surface area contributed by atoms with Gasteiger partial charge in [-0.1, -0.05) is 138 Å². The summed E-state index contributed by atoms with van der Waals surface area (Å²) in [6.45, 7) is 4.34. The Labute approximate surface area is 340 Å². The van der Waals surface area contributed by atoms with Gasteiger partial charge in [-0.3, -0.25) is 4.79 Å². The average Bonchev–Trinajstić information content (AvgIpc) is 3.20. The first-order valence-electron chi connectivity index (χ1n) is 22.0. The van der Waals surface area contributed by atoms with E-state index in [1.54, 1.807) is 0 Å². The van der Waals surface area contributed by atoms with Crippen LogP contribution in [0.1, 0.15) is 155 Å². The molecular formula is C47H80O9. The van der Waals surface area contributed by atoms with E-state index in [1.807, 2.05) is 0 Å². The molecule has 4 N–H and O–H groups in total. The Morgan fingerprint density at radius 2 is 1.09 bits per heavy atom. The molecule has 0 amide bonds. The summed E-state index contributed by atoms with van der Waals surface area (Å²) in [7, 11) is 0. The molecule has 0 aromatic carbocycles. The third-order valence-corrected chi connectivity index (χ3v) is 9.61. The molecule has 1 aliphatic rings. The zero-order chi connectivity index (χ0) is 40.7. The van der Waals surface area contributed by atoms with Crippen LogP contribution in [-0.4, -0.2) is 89.6 Å². The number of carbonyl (C=O) groups is 1. The first-order chi connectivity index (χ1) is 27.4. The Balaban J connectivity index is 2.31. The Kier molecular flexibility index (Phi) is 35.2. The van der Waals surface area contributed by atoms with Crippen LogP contribution in [0.3, 0.4) is 0 Å². The van der Waals surface area contributed by atoms with Crippen LogP contribution < -0.4 is 0 Å². The lowest BCUT2D eigenvalue weighted by Gasteiger charge is -2.39. The Morgan fingerprint density at radius 3 is 1.64 bits per heavy atom. The zero-order valence-corrected chi connectivity index (χ0v) is 35.1. The van der Waals surface area contributed by atoms with Gasteiger partial charge >= 0.3 is 5.97 Å². The lowest BCUT2D eigenvalue weighted by atomic mass is 9.99. The number of carbonyl (C=O) groups excluding carboxylic acids is 1. The Morgan fingerprint density at radius 1 is 0.589 bits per heavy atom. The van der Waals surface area contributed by atoms with Crippen molar-refractivity contribution in [3.63, 3.8) is 0 Å². The van der Waals surface area contributed by atoms with Gasteiger partial charge in [0.2, 0.25) is 0 Å². The molecule has 56 heavy (non-hydrogen) atoms. The summed E-state index contributed by atoms with van der Waals surface area (Å²) in [6, 6.07) is 0. The number of unbranched alkanes of at least 4 members (excludes halogenated alkanes) is 13. The van der Waals surface area contributed by atoms with E-state index in [1.165, 1.54) is 32.1 Å². The number of ether oxygens (including phenoxy) is 4. The van der Waals surface area contributed by atoms with Crippen LogP contribution in [-0.2, 0) is 23.7 Å². The van der Waals surface area contributed by atoms with Crippen LogP contribution in [0.5, 0.6) is 0 Å². The molecule has 1 rings (SSSR count). The SMILES string of the molecule is CC/C=C\C/C=C\C/C=C\C/C=C\CCCCCCCOCC(COC1OC(CO)C(O)C(O)C1O)OC(=O)CCCCCCC/C=C\C/C=C\CCCCC. The van der Waals surface area contributed by atoms with Gasteiger partial charge in [-0.25, -0.2) is 0 Å². The molecule has 0 radical (unpaired) electrons. The van der Waals surface area contributed by atoms with Crippen LogP contribution >= 0.6 is 0 Å². The standard InChI is InChI=1S/C47H80O9/c1-3-5-7-9-11-13-15-17-19-20-21-23-25-27-29-31-33-35-37-53-39-41(40-54-47-46(52)45(51)44(50)42(38-48)56-47)55-43(49)36-34-32-30-28-26-24-22-18-16-14-12-10-8-6-4-2/h5,7,11-14,17-19,21-23,41-42,44-48,50-52H,3-4,6,8-10,15-16,20,24-40H2,1-2H3/b7-5-,13-11-,14-12-,19-17-,22-18-,23-21-. The number of esters is 1. The van der Waals surface area contributed by atoms with E-state index in [9.17, 15) is 25.2 Å². The van der Waals surface area contributed by atoms with Crippen molar-refractivity contribution in [3.05, 3.63) is 72.9 Å². The molecule has 0 saturated carbocycles. The van der Waals surface area contributed by atoms with E-state index in [4.69, 9.17) is 18.9 Å². The second-order valence-corrected chi connectivity index (χ2v) is 14.8. The lowest BCUT2D eigenvalue weighted by Crippen LogP contribution is -2.59. The highest BCUT2D eigenvalue weighted by molar-refractivity contribution is 5.69. The molecule has 9 heteroatoms. The maximum atomic E-state index is 12.8. The van der Waals surface area contributed by atoms with Crippen LogP contribution in [0.25, 0.3) is 0 Å². The molecule has 0 spiro atoms. The highest BCUT2D eigenvalue weighted by Gasteiger charge is 2.44. The minimum absolute atomic E-state index is 0.122. The third kappa shape index (κ3) is 28.9. The van der Waals surface area contributed by atoms with Gasteiger partial charge in [0.05, 0.1) is 19.8 Å². The van der Waals surface area contributed by atoms with Gasteiger partial charge in [0.1, 0.15) is 30.5 Å². The summed E-state index contributed by atoms with van der Waals surface area (Å²) >= 11 is 0. The zero-order valence-electron chi connectivity index (χ0n) is 35.1. The van der Waals surface area contributed by atoms with E-state index >= 15 is 0 Å². The smallest absolute Gasteiger partial charge is 0.306 e. The van der Waals surface area contributed by atoms with E-state index < -0.39 is 43.4 Å². The predicted molar refractivity (Wildman–Crippen MR) is 228 cm³/mol. The van der Waals surface area contributed by atoms with Crippen molar-refractivity contribution in [2.75, 3.05) is 26.4 Å². The second-order valence-electron chi connectivity index (χ2n) is 14.8. The molecule has 1 saturated heterocycles. The second kappa shape index (κ2) is 38.2. The topological polar surface area (TPSA) is 135 Å². The van der Waals surface area contributed by atoms with Crippen LogP contribution in [0.2, 0.25) is 0 Å². The lowest BCUT2D eigenvalue weighted by molar-refractivity contribution is -0.305. The number of rotatable bonds is 36. The first kappa shape index (κ1) is 51.6. The molecule has 1 fully saturated rings. The summed E-state index contributed by atoms with van der Waals surface area (Å²) < 4.78 is 22.8. The molecule has 9 nitrogen and oxygen atoms in total. The van der Waals surface area contributed by atoms with Crippen molar-refractivity contribution >= 4 is 5.97 Å². The van der Waals surface area contributed by atoms with Crippen LogP contribution in [0.15, 0.2) is 72.9 Å². The largest absolute Gasteiger partial charge is 0.457 e. The fourth-order valence-electron chi connectivity index (χ4n) is 6.16. The summed E-state index contributed by atoms with van der Waals surface area (Å²) in [4.78, 5) is 12.8. The van der Waals surface area contributed by atoms with Crippen molar-refractivity contribution in [1.82, 2.24) is 0 Å². The quantitative estimate of drug-likeness (QED) is 0.0278. The number of hydrogen-bond acceptors (Lipinski definition) is 9. The van der Waals surface area contributed by atoms with Crippen molar-refractivity contribution in [1.29, 1.82) is 0 Å². The molecule has 322 valence electrons. The van der Waals surface area contributed by atoms with Crippen LogP contribution in [0.4, 0.5) is 0 Å². The normalized spacial score (nSPS) is 21.3.